The van der Waals surface area contributed by atoms with Crippen LogP contribution in [0.2, 0.25) is 0 Å². The molecule has 2 N–H and O–H groups in total. The maximum absolute atomic E-state index is 10.7. The Balaban J connectivity index is 1.76. The van der Waals surface area contributed by atoms with Crippen LogP contribution in [-0.4, -0.2) is 66.2 Å². The summed E-state index contributed by atoms with van der Waals surface area (Å²) < 4.78 is 7.84. The number of carboxylic acids is 1. The minimum atomic E-state index is -0.712. The highest BCUT2D eigenvalue weighted by atomic mass is 16.5. The molecule has 5 heteroatoms. The number of aliphatic hydroxyl groups excluding tert-OH is 1. The first-order chi connectivity index (χ1) is 16.3. The van der Waals surface area contributed by atoms with Gasteiger partial charge in [-0.05, 0) is 56.1 Å². The molecule has 0 fully saturated rings. The molecule has 0 aromatic rings. The quantitative estimate of drug-likeness (QED) is 0.291. The summed E-state index contributed by atoms with van der Waals surface area (Å²) in [4.78, 5) is 10.7. The van der Waals surface area contributed by atoms with Crippen molar-refractivity contribution >= 4 is 5.97 Å². The van der Waals surface area contributed by atoms with Crippen molar-refractivity contribution in [3.8, 4) is 0 Å². The first kappa shape index (κ1) is 26.4. The van der Waals surface area contributed by atoms with E-state index in [1.54, 1.807) is 0 Å². The standard InChI is InChI=1S/C29H41NO4/c1-30(2,21-11-5-10-16-28(32)33)22-23-34-29(24-12-6-3-7-13-24,25-14-8-4-9-15-25)26-17-19-27(31)20-18-26/h3-4,6-8,12,14,17-19,24,27,31H,5,9-11,13,15-16,20-23H2,1-2H3/p+1. The Bertz CT molecular complexity index is 877. The van der Waals surface area contributed by atoms with E-state index in [4.69, 9.17) is 9.84 Å². The molecule has 34 heavy (non-hydrogen) atoms. The summed E-state index contributed by atoms with van der Waals surface area (Å²) in [7, 11) is 4.45. The number of unbranched alkanes of at least 4 members (excludes halogenated alkanes) is 2. The van der Waals surface area contributed by atoms with Crippen LogP contribution in [0.1, 0.15) is 51.4 Å². The number of aliphatic hydroxyl groups is 1. The van der Waals surface area contributed by atoms with E-state index in [9.17, 15) is 9.90 Å². The van der Waals surface area contributed by atoms with Gasteiger partial charge in [-0.1, -0.05) is 60.8 Å². The Kier molecular flexibility index (Phi) is 9.69. The number of hydrogen-bond donors (Lipinski definition) is 2. The van der Waals surface area contributed by atoms with Crippen LogP contribution >= 0.6 is 0 Å². The fourth-order valence-corrected chi connectivity index (χ4v) is 5.16. The molecule has 0 aliphatic heterocycles. The minimum Gasteiger partial charge on any atom is -0.481 e. The number of carbonyl (C=O) groups is 1. The maximum atomic E-state index is 10.7. The van der Waals surface area contributed by atoms with Gasteiger partial charge in [0.15, 0.2) is 0 Å². The first-order valence-electron chi connectivity index (χ1n) is 12.8. The summed E-state index contributed by atoms with van der Waals surface area (Å²) >= 11 is 0. The van der Waals surface area contributed by atoms with E-state index in [1.165, 1.54) is 5.57 Å². The Morgan fingerprint density at radius 3 is 2.59 bits per heavy atom. The first-order valence-corrected chi connectivity index (χ1v) is 12.8. The number of likely N-dealkylation sites (N-methyl/N-ethyl adjacent to an activating group) is 1. The van der Waals surface area contributed by atoms with Crippen LogP contribution in [0.3, 0.4) is 0 Å². The van der Waals surface area contributed by atoms with Crippen LogP contribution in [-0.2, 0) is 9.53 Å². The average Bonchev–Trinajstić information content (AvgIpc) is 2.83. The van der Waals surface area contributed by atoms with Crippen LogP contribution in [0.5, 0.6) is 0 Å². The van der Waals surface area contributed by atoms with Gasteiger partial charge in [0.2, 0.25) is 0 Å². The molecule has 0 heterocycles. The molecule has 0 aromatic heterocycles. The molecule has 3 unspecified atom stereocenters. The molecule has 186 valence electrons. The van der Waals surface area contributed by atoms with Crippen LogP contribution in [0.15, 0.2) is 71.9 Å². The van der Waals surface area contributed by atoms with Crippen molar-refractivity contribution in [3.63, 3.8) is 0 Å². The third-order valence-electron chi connectivity index (χ3n) is 7.18. The van der Waals surface area contributed by atoms with Crippen molar-refractivity contribution in [2.45, 2.75) is 63.1 Å². The van der Waals surface area contributed by atoms with Crippen molar-refractivity contribution in [2.24, 2.45) is 5.92 Å². The molecule has 0 saturated carbocycles. The lowest BCUT2D eigenvalue weighted by Gasteiger charge is -2.45. The number of ether oxygens (including phenoxy) is 1. The number of quaternary nitrogens is 1. The Morgan fingerprint density at radius 2 is 1.94 bits per heavy atom. The highest BCUT2D eigenvalue weighted by molar-refractivity contribution is 5.66. The van der Waals surface area contributed by atoms with Gasteiger partial charge in [0.25, 0.3) is 0 Å². The molecule has 0 spiro atoms. The van der Waals surface area contributed by atoms with E-state index in [0.717, 1.165) is 61.7 Å². The lowest BCUT2D eigenvalue weighted by molar-refractivity contribution is -0.891. The van der Waals surface area contributed by atoms with E-state index in [1.807, 2.05) is 6.08 Å². The third kappa shape index (κ3) is 7.14. The molecule has 5 nitrogen and oxygen atoms in total. The summed E-state index contributed by atoms with van der Waals surface area (Å²) in [6.45, 7) is 2.52. The lowest BCUT2D eigenvalue weighted by atomic mass is 9.69. The number of allylic oxidation sites excluding steroid dienone is 6. The van der Waals surface area contributed by atoms with Crippen LogP contribution in [0, 0.1) is 5.92 Å². The number of nitrogens with zero attached hydrogens (tertiary/aromatic N) is 1. The van der Waals surface area contributed by atoms with Crippen LogP contribution in [0.25, 0.3) is 0 Å². The second-order valence-corrected chi connectivity index (χ2v) is 10.3. The summed E-state index contributed by atoms with van der Waals surface area (Å²) in [5, 5.41) is 18.9. The van der Waals surface area contributed by atoms with Gasteiger partial charge in [-0.15, -0.1) is 0 Å². The van der Waals surface area contributed by atoms with E-state index in [0.29, 0.717) is 13.0 Å². The molecule has 0 radical (unpaired) electrons. The predicted molar refractivity (Wildman–Crippen MR) is 137 cm³/mol. The molecule has 0 aromatic carbocycles. The number of rotatable bonds is 13. The third-order valence-corrected chi connectivity index (χ3v) is 7.18. The maximum Gasteiger partial charge on any atom is 0.303 e. The van der Waals surface area contributed by atoms with Crippen molar-refractivity contribution in [3.05, 3.63) is 71.9 Å². The molecule has 3 atom stereocenters. The Labute approximate surface area is 205 Å². The van der Waals surface area contributed by atoms with Crippen molar-refractivity contribution in [2.75, 3.05) is 33.8 Å². The van der Waals surface area contributed by atoms with Gasteiger partial charge in [0.1, 0.15) is 12.1 Å². The topological polar surface area (TPSA) is 66.8 Å². The second kappa shape index (κ2) is 12.5. The molecule has 0 bridgehead atoms. The average molecular weight is 469 g/mol. The van der Waals surface area contributed by atoms with Gasteiger partial charge >= 0.3 is 5.97 Å². The normalized spacial score (nSPS) is 24.0. The molecule has 3 rings (SSSR count). The molecular weight excluding hydrogens is 426 g/mol. The minimum absolute atomic E-state index is 0.202. The monoisotopic (exact) mass is 468 g/mol. The van der Waals surface area contributed by atoms with Gasteiger partial charge in [0.05, 0.1) is 33.4 Å². The van der Waals surface area contributed by atoms with Crippen molar-refractivity contribution in [1.29, 1.82) is 0 Å². The predicted octanol–water partition coefficient (Wildman–Crippen LogP) is 5.12. The second-order valence-electron chi connectivity index (χ2n) is 10.3. The zero-order chi connectivity index (χ0) is 24.4. The van der Waals surface area contributed by atoms with Gasteiger partial charge in [-0.25, -0.2) is 0 Å². The smallest absolute Gasteiger partial charge is 0.303 e. The molecule has 3 aliphatic rings. The molecule has 0 saturated heterocycles. The molecular formula is C29H42NO4+. The summed E-state index contributed by atoms with van der Waals surface area (Å²) in [5.41, 5.74) is 1.93. The molecule has 3 aliphatic carbocycles. The van der Waals surface area contributed by atoms with Gasteiger partial charge < -0.3 is 19.4 Å². The van der Waals surface area contributed by atoms with Crippen molar-refractivity contribution in [1.82, 2.24) is 0 Å². The van der Waals surface area contributed by atoms with Gasteiger partial charge in [-0.2, -0.15) is 0 Å². The van der Waals surface area contributed by atoms with Gasteiger partial charge in [0, 0.05) is 12.3 Å². The van der Waals surface area contributed by atoms with E-state index in [-0.39, 0.29) is 12.3 Å². The fraction of sp³-hybridized carbons (Fsp3) is 0.552. The van der Waals surface area contributed by atoms with Crippen LogP contribution in [0.4, 0.5) is 0 Å². The van der Waals surface area contributed by atoms with Gasteiger partial charge in [-0.3, -0.25) is 4.79 Å². The summed E-state index contributed by atoms with van der Waals surface area (Å²) in [6, 6.07) is 0. The fourth-order valence-electron chi connectivity index (χ4n) is 5.16. The zero-order valence-corrected chi connectivity index (χ0v) is 20.9. The zero-order valence-electron chi connectivity index (χ0n) is 20.9. The highest BCUT2D eigenvalue weighted by Crippen LogP contribution is 2.45. The Hall–Kier alpha value is -2.21. The SMILES string of the molecule is C[N+](C)(CCCCCC(=O)O)CCOC(C1=CCC(O)C=C1)(C1=CC=CCC1)C1C=CC=CC1. The Morgan fingerprint density at radius 1 is 1.09 bits per heavy atom. The number of hydrogen-bond acceptors (Lipinski definition) is 3. The number of aliphatic carboxylic acids is 1. The van der Waals surface area contributed by atoms with E-state index >= 15 is 0 Å². The van der Waals surface area contributed by atoms with Crippen molar-refractivity contribution < 1.29 is 24.2 Å². The lowest BCUT2D eigenvalue weighted by Crippen LogP contribution is -2.49. The van der Waals surface area contributed by atoms with E-state index in [2.05, 4.69) is 68.8 Å². The van der Waals surface area contributed by atoms with Crippen LogP contribution < -0.4 is 0 Å². The molecule has 0 amide bonds. The summed E-state index contributed by atoms with van der Waals surface area (Å²) in [5.74, 6) is -0.511. The largest absolute Gasteiger partial charge is 0.481 e. The highest BCUT2D eigenvalue weighted by Gasteiger charge is 2.45. The number of carboxylic acid groups (broad SMARTS) is 1. The summed E-state index contributed by atoms with van der Waals surface area (Å²) in [6.07, 6.45) is 27.5. The van der Waals surface area contributed by atoms with E-state index < -0.39 is 17.7 Å².